The molecule has 1 amide bonds. The minimum atomic E-state index is -0.596. The molecule has 0 fully saturated rings. The van der Waals surface area contributed by atoms with E-state index in [9.17, 15) is 19.7 Å². The maximum absolute atomic E-state index is 12.0. The first kappa shape index (κ1) is 28.0. The summed E-state index contributed by atoms with van der Waals surface area (Å²) in [5, 5.41) is 11.4. The highest BCUT2D eigenvalue weighted by atomic mass is 35.5. The van der Waals surface area contributed by atoms with E-state index >= 15 is 0 Å². The Balaban J connectivity index is 0. The van der Waals surface area contributed by atoms with Crippen molar-refractivity contribution in [3.05, 3.63) is 75.8 Å². The highest BCUT2D eigenvalue weighted by Gasteiger charge is 2.29. The molecule has 0 aliphatic carbocycles. The number of hydrogen-bond donors (Lipinski definition) is 1. The van der Waals surface area contributed by atoms with Gasteiger partial charge in [0.15, 0.2) is 0 Å². The van der Waals surface area contributed by atoms with Crippen LogP contribution in [0.1, 0.15) is 41.5 Å². The smallest absolute Gasteiger partial charge is 0.276 e. The molecule has 0 spiro atoms. The van der Waals surface area contributed by atoms with E-state index in [1.54, 1.807) is 51.1 Å². The molecule has 10 heteroatoms. The average molecular weight is 451 g/mol. The van der Waals surface area contributed by atoms with Crippen LogP contribution in [-0.4, -0.2) is 26.6 Å². The number of nitro benzene ring substituents is 1. The number of carbonyl (C=O) groups excluding carboxylic acids is 2. The molecule has 154 valence electrons. The Morgan fingerprint density at radius 1 is 1.00 bits per heavy atom. The van der Waals surface area contributed by atoms with Gasteiger partial charge in [0, 0.05) is 11.6 Å². The number of rotatable bonds is 3. The van der Waals surface area contributed by atoms with Crippen molar-refractivity contribution in [2.45, 2.75) is 26.3 Å². The Labute approximate surface area is 180 Å². The minimum Gasteiger partial charge on any atom is -0.276 e. The normalized spacial score (nSPS) is 9.61. The van der Waals surface area contributed by atoms with E-state index in [4.69, 9.17) is 17.4 Å². The maximum Gasteiger partial charge on any atom is 0.282 e. The van der Waals surface area contributed by atoms with Gasteiger partial charge < -0.3 is 0 Å². The molecule has 0 atom stereocenters. The van der Waals surface area contributed by atoms with Gasteiger partial charge in [0.05, 0.1) is 10.5 Å². The first-order valence-corrected chi connectivity index (χ1v) is 8.01. The lowest BCUT2D eigenvalue weighted by Crippen LogP contribution is -2.50. The van der Waals surface area contributed by atoms with Crippen LogP contribution in [0.4, 0.5) is 5.69 Å². The van der Waals surface area contributed by atoms with Gasteiger partial charge in [0.1, 0.15) is 5.56 Å². The second kappa shape index (κ2) is 12.3. The van der Waals surface area contributed by atoms with Crippen molar-refractivity contribution in [3.63, 3.8) is 0 Å². The third kappa shape index (κ3) is 8.22. The second-order valence-electron chi connectivity index (χ2n) is 6.26. The number of nitrogens with two attached hydrogens (primary N) is 1. The molecule has 2 aromatic rings. The lowest BCUT2D eigenvalue weighted by Gasteiger charge is -2.30. The molecule has 0 aromatic heterocycles. The van der Waals surface area contributed by atoms with Gasteiger partial charge in [0.2, 0.25) is 0 Å². The van der Waals surface area contributed by atoms with Crippen LogP contribution in [0.15, 0.2) is 54.6 Å². The van der Waals surface area contributed by atoms with Crippen LogP contribution in [0.25, 0.3) is 0 Å². The SMILES string of the molecule is CC(C)(C)N(N)C(=O)c1ccccc1[N+](=O)[O-].Cl.Cl.O=C(Cl)c1ccccc1. The quantitative estimate of drug-likeness (QED) is 0.241. The molecule has 0 bridgehead atoms. The van der Waals surface area contributed by atoms with Gasteiger partial charge in [-0.3, -0.25) is 24.7 Å². The molecule has 0 heterocycles. The standard InChI is InChI=1S/C11H15N3O3.C7H5ClO.2ClH/c1-11(2,3)13(12)10(15)8-6-4-5-7-9(8)14(16)17;8-7(9)6-4-2-1-3-5-6;;/h4-7H,12H2,1-3H3;1-5H;2*1H. The van der Waals surface area contributed by atoms with Crippen molar-refractivity contribution in [2.75, 3.05) is 0 Å². The molecule has 2 rings (SSSR count). The highest BCUT2D eigenvalue weighted by molar-refractivity contribution is 6.67. The maximum atomic E-state index is 12.0. The average Bonchev–Trinajstić information content (AvgIpc) is 2.61. The number of nitrogens with zero attached hydrogens (tertiary/aromatic N) is 2. The van der Waals surface area contributed by atoms with E-state index in [0.717, 1.165) is 5.01 Å². The summed E-state index contributed by atoms with van der Waals surface area (Å²) in [5.41, 5.74) is -0.299. The molecule has 0 aliphatic heterocycles. The summed E-state index contributed by atoms with van der Waals surface area (Å²) in [6, 6.07) is 14.5. The van der Waals surface area contributed by atoms with Crippen LogP contribution in [-0.2, 0) is 0 Å². The summed E-state index contributed by atoms with van der Waals surface area (Å²) >= 11 is 5.16. The summed E-state index contributed by atoms with van der Waals surface area (Å²) in [6.45, 7) is 5.25. The fraction of sp³-hybridized carbons (Fsp3) is 0.222. The van der Waals surface area contributed by atoms with Gasteiger partial charge >= 0.3 is 0 Å². The van der Waals surface area contributed by atoms with Gasteiger partial charge in [-0.25, -0.2) is 5.84 Å². The molecule has 0 saturated carbocycles. The van der Waals surface area contributed by atoms with E-state index in [-0.39, 0.29) is 36.1 Å². The predicted octanol–water partition coefficient (Wildman–Crippen LogP) is 4.62. The Bertz CT molecular complexity index is 796. The summed E-state index contributed by atoms with van der Waals surface area (Å²) in [7, 11) is 0. The van der Waals surface area contributed by atoms with Crippen molar-refractivity contribution in [3.8, 4) is 0 Å². The minimum absolute atomic E-state index is 0. The van der Waals surface area contributed by atoms with Crippen LogP contribution in [0, 0.1) is 10.1 Å². The van der Waals surface area contributed by atoms with Gasteiger partial charge in [-0.05, 0) is 38.4 Å². The van der Waals surface area contributed by atoms with Gasteiger partial charge in [0.25, 0.3) is 16.8 Å². The van der Waals surface area contributed by atoms with Crippen molar-refractivity contribution in [1.82, 2.24) is 5.01 Å². The zero-order chi connectivity index (χ0) is 19.9. The van der Waals surface area contributed by atoms with Crippen LogP contribution >= 0.6 is 36.4 Å². The van der Waals surface area contributed by atoms with E-state index in [1.165, 1.54) is 18.2 Å². The van der Waals surface area contributed by atoms with Crippen molar-refractivity contribution in [2.24, 2.45) is 5.84 Å². The number of carbonyl (C=O) groups is 2. The van der Waals surface area contributed by atoms with E-state index < -0.39 is 21.6 Å². The number of hydrazine groups is 1. The lowest BCUT2D eigenvalue weighted by molar-refractivity contribution is -0.385. The van der Waals surface area contributed by atoms with E-state index in [1.807, 2.05) is 6.07 Å². The monoisotopic (exact) mass is 449 g/mol. The van der Waals surface area contributed by atoms with Crippen LogP contribution in [0.2, 0.25) is 0 Å². The summed E-state index contributed by atoms with van der Waals surface area (Å²) in [4.78, 5) is 32.6. The lowest BCUT2D eigenvalue weighted by atomic mass is 10.1. The van der Waals surface area contributed by atoms with Crippen molar-refractivity contribution >= 4 is 53.3 Å². The molecule has 0 unspecified atom stereocenters. The largest absolute Gasteiger partial charge is 0.282 e. The Kier molecular flexibility index (Phi) is 12.3. The second-order valence-corrected chi connectivity index (χ2v) is 6.60. The molecular formula is C18H22Cl3N3O4. The number of halogens is 3. The van der Waals surface area contributed by atoms with Crippen molar-refractivity contribution < 1.29 is 14.5 Å². The first-order valence-electron chi connectivity index (χ1n) is 7.63. The third-order valence-corrected chi connectivity index (χ3v) is 3.49. The summed E-state index contributed by atoms with van der Waals surface area (Å²) in [5.74, 6) is 5.09. The molecule has 28 heavy (non-hydrogen) atoms. The fourth-order valence-corrected chi connectivity index (χ4v) is 1.94. The van der Waals surface area contributed by atoms with Gasteiger partial charge in [-0.2, -0.15) is 0 Å². The third-order valence-electron chi connectivity index (χ3n) is 3.27. The highest BCUT2D eigenvalue weighted by Crippen LogP contribution is 2.21. The Hall–Kier alpha value is -2.19. The van der Waals surface area contributed by atoms with Crippen LogP contribution < -0.4 is 5.84 Å². The molecule has 0 radical (unpaired) electrons. The topological polar surface area (TPSA) is 107 Å². The zero-order valence-corrected chi connectivity index (χ0v) is 17.9. The van der Waals surface area contributed by atoms with Gasteiger partial charge in [-0.1, -0.05) is 42.5 Å². The summed E-state index contributed by atoms with van der Waals surface area (Å²) in [6.07, 6.45) is 0. The molecule has 2 aromatic carbocycles. The van der Waals surface area contributed by atoms with E-state index in [0.29, 0.717) is 5.56 Å². The zero-order valence-electron chi connectivity index (χ0n) is 15.5. The first-order chi connectivity index (χ1) is 12.1. The number of hydrogen-bond acceptors (Lipinski definition) is 5. The Morgan fingerprint density at radius 2 is 1.46 bits per heavy atom. The number of amides is 1. The van der Waals surface area contributed by atoms with Crippen LogP contribution in [0.5, 0.6) is 0 Å². The fourth-order valence-electron chi connectivity index (χ4n) is 1.82. The number of para-hydroxylation sites is 1. The van der Waals surface area contributed by atoms with Gasteiger partial charge in [-0.15, -0.1) is 24.8 Å². The number of nitro groups is 1. The molecule has 7 nitrogen and oxygen atoms in total. The summed E-state index contributed by atoms with van der Waals surface area (Å²) < 4.78 is 0. The number of benzene rings is 2. The molecule has 0 aliphatic rings. The molecule has 2 N–H and O–H groups in total. The predicted molar refractivity (Wildman–Crippen MR) is 114 cm³/mol. The van der Waals surface area contributed by atoms with E-state index in [2.05, 4.69) is 0 Å². The molecular weight excluding hydrogens is 429 g/mol. The van der Waals surface area contributed by atoms with Crippen molar-refractivity contribution in [1.29, 1.82) is 0 Å². The Morgan fingerprint density at radius 3 is 1.86 bits per heavy atom. The molecule has 0 saturated heterocycles. The van der Waals surface area contributed by atoms with Crippen LogP contribution in [0.3, 0.4) is 0 Å².